The average molecular weight is 258 g/mol. The molecule has 1 heterocycles. The van der Waals surface area contributed by atoms with Crippen molar-refractivity contribution in [1.29, 1.82) is 0 Å². The Morgan fingerprint density at radius 3 is 2.84 bits per heavy atom. The van der Waals surface area contributed by atoms with Crippen LogP contribution in [0, 0.1) is 5.41 Å². The van der Waals surface area contributed by atoms with Crippen molar-refractivity contribution in [2.45, 2.75) is 51.6 Å². The Morgan fingerprint density at radius 2 is 2.16 bits per heavy atom. The third kappa shape index (κ3) is 1.79. The molecule has 0 spiro atoms. The first-order valence-corrected chi connectivity index (χ1v) is 7.21. The second-order valence-electron chi connectivity index (χ2n) is 6.27. The van der Waals surface area contributed by atoms with Crippen LogP contribution < -0.4 is 10.6 Å². The SMILES string of the molecule is CC1Cc2ccccc2N1C(=O)C1(C)CCCC1N. The van der Waals surface area contributed by atoms with Crippen LogP contribution in [0.4, 0.5) is 5.69 Å². The van der Waals surface area contributed by atoms with Crippen LogP contribution in [0.5, 0.6) is 0 Å². The highest BCUT2D eigenvalue weighted by atomic mass is 16.2. The van der Waals surface area contributed by atoms with Gasteiger partial charge in [0.2, 0.25) is 5.91 Å². The number of carbonyl (C=O) groups excluding carboxylic acids is 1. The molecule has 3 heteroatoms. The second-order valence-corrected chi connectivity index (χ2v) is 6.27. The van der Waals surface area contributed by atoms with E-state index in [1.807, 2.05) is 24.0 Å². The fourth-order valence-electron chi connectivity index (χ4n) is 3.61. The number of fused-ring (bicyclic) bond motifs is 1. The number of rotatable bonds is 1. The first kappa shape index (κ1) is 12.7. The summed E-state index contributed by atoms with van der Waals surface area (Å²) in [5.41, 5.74) is 8.18. The van der Waals surface area contributed by atoms with Crippen molar-refractivity contribution in [3.63, 3.8) is 0 Å². The number of hydrogen-bond acceptors (Lipinski definition) is 2. The highest BCUT2D eigenvalue weighted by molar-refractivity contribution is 6.00. The van der Waals surface area contributed by atoms with Crippen LogP contribution in [0.2, 0.25) is 0 Å². The third-order valence-electron chi connectivity index (χ3n) is 4.94. The molecule has 102 valence electrons. The molecule has 1 aliphatic heterocycles. The average Bonchev–Trinajstić information content (AvgIpc) is 2.89. The predicted molar refractivity (Wildman–Crippen MR) is 77.0 cm³/mol. The van der Waals surface area contributed by atoms with Gasteiger partial charge < -0.3 is 10.6 Å². The van der Waals surface area contributed by atoms with Crippen LogP contribution in [0.15, 0.2) is 24.3 Å². The lowest BCUT2D eigenvalue weighted by Gasteiger charge is -2.35. The zero-order valence-electron chi connectivity index (χ0n) is 11.7. The van der Waals surface area contributed by atoms with Gasteiger partial charge >= 0.3 is 0 Å². The number of anilines is 1. The van der Waals surface area contributed by atoms with E-state index in [0.29, 0.717) is 0 Å². The van der Waals surface area contributed by atoms with Gasteiger partial charge in [0.15, 0.2) is 0 Å². The number of carbonyl (C=O) groups is 1. The van der Waals surface area contributed by atoms with E-state index in [-0.39, 0.29) is 23.4 Å². The molecule has 1 aliphatic carbocycles. The summed E-state index contributed by atoms with van der Waals surface area (Å²) in [6.45, 7) is 4.17. The first-order valence-electron chi connectivity index (χ1n) is 7.21. The molecule has 2 N–H and O–H groups in total. The van der Waals surface area contributed by atoms with Crippen LogP contribution >= 0.6 is 0 Å². The summed E-state index contributed by atoms with van der Waals surface area (Å²) in [7, 11) is 0. The molecule has 3 rings (SSSR count). The molecule has 0 radical (unpaired) electrons. The van der Waals surface area contributed by atoms with Gasteiger partial charge in [-0.05, 0) is 44.7 Å². The van der Waals surface area contributed by atoms with Crippen molar-refractivity contribution >= 4 is 11.6 Å². The maximum atomic E-state index is 13.0. The number of para-hydroxylation sites is 1. The van der Waals surface area contributed by atoms with Gasteiger partial charge in [0.25, 0.3) is 0 Å². The molecule has 1 amide bonds. The largest absolute Gasteiger partial charge is 0.327 e. The molecule has 1 fully saturated rings. The molecule has 19 heavy (non-hydrogen) atoms. The van der Waals surface area contributed by atoms with Gasteiger partial charge in [-0.3, -0.25) is 4.79 Å². The van der Waals surface area contributed by atoms with Crippen LogP contribution in [-0.4, -0.2) is 18.0 Å². The van der Waals surface area contributed by atoms with Crippen molar-refractivity contribution in [3.05, 3.63) is 29.8 Å². The summed E-state index contributed by atoms with van der Waals surface area (Å²) >= 11 is 0. The molecule has 1 saturated carbocycles. The summed E-state index contributed by atoms with van der Waals surface area (Å²) in [6.07, 6.45) is 3.89. The zero-order valence-corrected chi connectivity index (χ0v) is 11.7. The van der Waals surface area contributed by atoms with Gasteiger partial charge in [-0.1, -0.05) is 24.6 Å². The highest BCUT2D eigenvalue weighted by Gasteiger charge is 2.47. The lowest BCUT2D eigenvalue weighted by atomic mass is 9.83. The molecular weight excluding hydrogens is 236 g/mol. The molecule has 0 saturated heterocycles. The van der Waals surface area contributed by atoms with E-state index in [1.165, 1.54) is 5.56 Å². The number of nitrogens with two attached hydrogens (primary N) is 1. The topological polar surface area (TPSA) is 46.3 Å². The predicted octanol–water partition coefficient (Wildman–Crippen LogP) is 2.48. The van der Waals surface area contributed by atoms with Gasteiger partial charge in [-0.2, -0.15) is 0 Å². The van der Waals surface area contributed by atoms with Crippen LogP contribution in [0.1, 0.15) is 38.7 Å². The Hall–Kier alpha value is -1.35. The zero-order chi connectivity index (χ0) is 13.6. The number of hydrogen-bond donors (Lipinski definition) is 1. The molecule has 0 bridgehead atoms. The minimum Gasteiger partial charge on any atom is -0.327 e. The van der Waals surface area contributed by atoms with Crippen LogP contribution in [0.3, 0.4) is 0 Å². The Kier molecular flexibility index (Phi) is 2.90. The molecule has 3 unspecified atom stereocenters. The van der Waals surface area contributed by atoms with Gasteiger partial charge in [0, 0.05) is 17.8 Å². The number of amides is 1. The second kappa shape index (κ2) is 4.34. The summed E-state index contributed by atoms with van der Waals surface area (Å²) < 4.78 is 0. The van der Waals surface area contributed by atoms with E-state index >= 15 is 0 Å². The minimum atomic E-state index is -0.383. The molecular formula is C16H22N2O. The summed E-state index contributed by atoms with van der Waals surface area (Å²) in [5, 5.41) is 0. The van der Waals surface area contributed by atoms with E-state index in [0.717, 1.165) is 31.4 Å². The van der Waals surface area contributed by atoms with Crippen molar-refractivity contribution in [1.82, 2.24) is 0 Å². The monoisotopic (exact) mass is 258 g/mol. The normalized spacial score (nSPS) is 33.5. The van der Waals surface area contributed by atoms with Crippen molar-refractivity contribution < 1.29 is 4.79 Å². The molecule has 1 aromatic carbocycles. The summed E-state index contributed by atoms with van der Waals surface area (Å²) in [6, 6.07) is 8.47. The lowest BCUT2D eigenvalue weighted by molar-refractivity contribution is -0.128. The Balaban J connectivity index is 1.96. The number of benzene rings is 1. The van der Waals surface area contributed by atoms with Crippen LogP contribution in [0.25, 0.3) is 0 Å². The maximum Gasteiger partial charge on any atom is 0.234 e. The van der Waals surface area contributed by atoms with E-state index in [4.69, 9.17) is 5.73 Å². The third-order valence-corrected chi connectivity index (χ3v) is 4.94. The summed E-state index contributed by atoms with van der Waals surface area (Å²) in [5.74, 6) is 0.218. The van der Waals surface area contributed by atoms with Gasteiger partial charge in [0.05, 0.1) is 5.41 Å². The fourth-order valence-corrected chi connectivity index (χ4v) is 3.61. The minimum absolute atomic E-state index is 0.0000350. The lowest BCUT2D eigenvalue weighted by Crippen LogP contribution is -2.51. The van der Waals surface area contributed by atoms with E-state index < -0.39 is 0 Å². The highest BCUT2D eigenvalue weighted by Crippen LogP contribution is 2.42. The summed E-state index contributed by atoms with van der Waals surface area (Å²) in [4.78, 5) is 15.0. The Labute approximate surface area is 114 Å². The smallest absolute Gasteiger partial charge is 0.234 e. The van der Waals surface area contributed by atoms with Gasteiger partial charge in [-0.25, -0.2) is 0 Å². The van der Waals surface area contributed by atoms with Gasteiger partial charge in [0.1, 0.15) is 0 Å². The molecule has 3 atom stereocenters. The maximum absolute atomic E-state index is 13.0. The van der Waals surface area contributed by atoms with Gasteiger partial charge in [-0.15, -0.1) is 0 Å². The van der Waals surface area contributed by atoms with E-state index in [1.54, 1.807) is 0 Å². The quantitative estimate of drug-likeness (QED) is 0.841. The van der Waals surface area contributed by atoms with Crippen molar-refractivity contribution in [2.75, 3.05) is 4.90 Å². The standard InChI is InChI=1S/C16H22N2O/c1-11-10-12-6-3-4-7-13(12)18(11)15(19)16(2)9-5-8-14(16)17/h3-4,6-7,11,14H,5,8-10,17H2,1-2H3. The van der Waals surface area contributed by atoms with Crippen LogP contribution in [-0.2, 0) is 11.2 Å². The first-order chi connectivity index (χ1) is 9.04. The molecule has 2 aliphatic rings. The van der Waals surface area contributed by atoms with E-state index in [9.17, 15) is 4.79 Å². The number of nitrogens with zero attached hydrogens (tertiary/aromatic N) is 1. The molecule has 0 aromatic heterocycles. The fraction of sp³-hybridized carbons (Fsp3) is 0.562. The van der Waals surface area contributed by atoms with E-state index in [2.05, 4.69) is 19.1 Å². The van der Waals surface area contributed by atoms with Crippen molar-refractivity contribution in [2.24, 2.45) is 11.1 Å². The Morgan fingerprint density at radius 1 is 1.42 bits per heavy atom. The molecule has 1 aromatic rings. The molecule has 3 nitrogen and oxygen atoms in total. The van der Waals surface area contributed by atoms with Crippen molar-refractivity contribution in [3.8, 4) is 0 Å². The Bertz CT molecular complexity index is 513.